The summed E-state index contributed by atoms with van der Waals surface area (Å²) in [5.41, 5.74) is -1.86. The highest BCUT2D eigenvalue weighted by Crippen LogP contribution is 2.36. The van der Waals surface area contributed by atoms with Gasteiger partial charge in [0, 0.05) is 29.7 Å². The molecule has 9 nitrogen and oxygen atoms in total. The molecule has 0 aliphatic carbocycles. The predicted octanol–water partition coefficient (Wildman–Crippen LogP) is 4.10. The first-order valence-corrected chi connectivity index (χ1v) is 13.5. The van der Waals surface area contributed by atoms with Gasteiger partial charge in [0.05, 0.1) is 29.1 Å². The van der Waals surface area contributed by atoms with E-state index in [0.29, 0.717) is 12.1 Å². The van der Waals surface area contributed by atoms with Gasteiger partial charge >= 0.3 is 0 Å². The SMILES string of the molecule is COc1nc(C)c(Cl)cc1S(=O)(=O)Cc1ccc(F)c(-c2ccc3c(C(=O)NCCCO)[nH]nc3c2F)c1F. The maximum atomic E-state index is 15.6. The number of methoxy groups -OCH3 is 1. The Balaban J connectivity index is 1.75. The van der Waals surface area contributed by atoms with Gasteiger partial charge in [-0.15, -0.1) is 0 Å². The number of carbonyl (C=O) groups is 1. The monoisotopic (exact) mass is 582 g/mol. The van der Waals surface area contributed by atoms with Crippen molar-refractivity contribution in [1.29, 1.82) is 0 Å². The standard InChI is InChI=1S/C25H22ClF3N4O5S/c1-12-16(26)10-18(25(31-12)38-2)39(36,37)11-13-4-7-17(27)19(20(13)28)14-5-6-15-22(21(14)29)32-33-23(15)24(35)30-8-3-9-34/h4-7,10,34H,3,8-9,11H2,1-2H3,(H,30,35)(H,32,33). The van der Waals surface area contributed by atoms with Crippen molar-refractivity contribution >= 4 is 38.2 Å². The minimum absolute atomic E-state index is 0.0467. The number of hydrogen-bond donors (Lipinski definition) is 3. The van der Waals surface area contributed by atoms with Crippen LogP contribution in [0.15, 0.2) is 35.2 Å². The zero-order chi connectivity index (χ0) is 28.5. The molecule has 1 amide bonds. The molecule has 0 unspecified atom stereocenters. The molecule has 0 aliphatic heterocycles. The molecule has 0 bridgehead atoms. The summed E-state index contributed by atoms with van der Waals surface area (Å²) in [7, 11) is -3.08. The van der Waals surface area contributed by atoms with Crippen LogP contribution in [0.1, 0.15) is 28.2 Å². The molecular formula is C25H22ClF3N4O5S. The van der Waals surface area contributed by atoms with Gasteiger partial charge in [-0.05, 0) is 31.5 Å². The summed E-state index contributed by atoms with van der Waals surface area (Å²) in [5, 5.41) is 17.7. The minimum Gasteiger partial charge on any atom is -0.480 e. The molecule has 0 aliphatic rings. The van der Waals surface area contributed by atoms with E-state index in [0.717, 1.165) is 24.3 Å². The molecule has 206 valence electrons. The van der Waals surface area contributed by atoms with E-state index < -0.39 is 55.6 Å². The first kappa shape index (κ1) is 28.3. The van der Waals surface area contributed by atoms with Crippen LogP contribution in [0.3, 0.4) is 0 Å². The number of nitrogens with zero attached hydrogens (tertiary/aromatic N) is 2. The number of aromatic amines is 1. The van der Waals surface area contributed by atoms with E-state index in [-0.39, 0.29) is 45.5 Å². The van der Waals surface area contributed by atoms with Crippen LogP contribution in [-0.4, -0.2) is 54.9 Å². The fourth-order valence-electron chi connectivity index (χ4n) is 3.93. The summed E-state index contributed by atoms with van der Waals surface area (Å²) in [5.74, 6) is -5.32. The normalized spacial score (nSPS) is 11.7. The molecule has 0 radical (unpaired) electrons. The number of hydrogen-bond acceptors (Lipinski definition) is 7. The number of aliphatic hydroxyl groups is 1. The van der Waals surface area contributed by atoms with E-state index in [4.69, 9.17) is 21.4 Å². The van der Waals surface area contributed by atoms with Gasteiger partial charge in [0.15, 0.2) is 15.7 Å². The van der Waals surface area contributed by atoms with Gasteiger partial charge in [-0.2, -0.15) is 5.10 Å². The predicted molar refractivity (Wildman–Crippen MR) is 137 cm³/mol. The summed E-state index contributed by atoms with van der Waals surface area (Å²) in [4.78, 5) is 16.0. The van der Waals surface area contributed by atoms with Crippen molar-refractivity contribution in [1.82, 2.24) is 20.5 Å². The number of aliphatic hydroxyl groups excluding tert-OH is 1. The van der Waals surface area contributed by atoms with Crippen LogP contribution in [0.25, 0.3) is 22.0 Å². The second-order valence-electron chi connectivity index (χ2n) is 8.47. The zero-order valence-corrected chi connectivity index (χ0v) is 22.2. The number of amides is 1. The van der Waals surface area contributed by atoms with Crippen LogP contribution in [0.2, 0.25) is 5.02 Å². The van der Waals surface area contributed by atoms with Gasteiger partial charge in [-0.3, -0.25) is 9.89 Å². The highest BCUT2D eigenvalue weighted by Gasteiger charge is 2.28. The topological polar surface area (TPSA) is 134 Å². The van der Waals surface area contributed by atoms with E-state index >= 15 is 8.78 Å². The number of halogens is 4. The van der Waals surface area contributed by atoms with E-state index in [9.17, 15) is 17.6 Å². The second-order valence-corrected chi connectivity index (χ2v) is 10.8. The third kappa shape index (κ3) is 5.42. The molecule has 4 rings (SSSR count). The van der Waals surface area contributed by atoms with Crippen molar-refractivity contribution in [3.63, 3.8) is 0 Å². The maximum absolute atomic E-state index is 15.6. The smallest absolute Gasteiger partial charge is 0.269 e. The van der Waals surface area contributed by atoms with Crippen molar-refractivity contribution in [2.24, 2.45) is 0 Å². The Labute approximate surface area is 225 Å². The Hall–Kier alpha value is -3.68. The Morgan fingerprint density at radius 3 is 2.62 bits per heavy atom. The Morgan fingerprint density at radius 2 is 1.92 bits per heavy atom. The summed E-state index contributed by atoms with van der Waals surface area (Å²) >= 11 is 6.04. The number of aromatic nitrogens is 3. The molecule has 0 saturated heterocycles. The Kier molecular flexibility index (Phi) is 8.14. The lowest BCUT2D eigenvalue weighted by Crippen LogP contribution is -2.25. The molecule has 0 spiro atoms. The minimum atomic E-state index is -4.30. The van der Waals surface area contributed by atoms with Gasteiger partial charge < -0.3 is 15.2 Å². The lowest BCUT2D eigenvalue weighted by molar-refractivity contribution is 0.0947. The fourth-order valence-corrected chi connectivity index (χ4v) is 5.63. The van der Waals surface area contributed by atoms with Gasteiger partial charge in [0.2, 0.25) is 5.88 Å². The molecule has 4 aromatic rings. The number of nitrogens with one attached hydrogen (secondary N) is 2. The molecule has 3 N–H and O–H groups in total. The van der Waals surface area contributed by atoms with Gasteiger partial charge in [-0.1, -0.05) is 23.7 Å². The third-order valence-corrected chi connectivity index (χ3v) is 7.95. The Bertz CT molecular complexity index is 1700. The molecule has 0 saturated carbocycles. The largest absolute Gasteiger partial charge is 0.480 e. The van der Waals surface area contributed by atoms with Gasteiger partial charge in [0.1, 0.15) is 27.7 Å². The molecule has 0 atom stereocenters. The van der Waals surface area contributed by atoms with Crippen molar-refractivity contribution in [2.45, 2.75) is 24.0 Å². The molecule has 2 heterocycles. The van der Waals surface area contributed by atoms with Crippen LogP contribution in [0.5, 0.6) is 5.88 Å². The summed E-state index contributed by atoms with van der Waals surface area (Å²) in [6, 6.07) is 5.24. The van der Waals surface area contributed by atoms with Crippen LogP contribution >= 0.6 is 11.6 Å². The number of rotatable bonds is 9. The summed E-state index contributed by atoms with van der Waals surface area (Å²) < 4.78 is 77.3. The van der Waals surface area contributed by atoms with E-state index in [1.807, 2.05) is 0 Å². The second kappa shape index (κ2) is 11.2. The first-order valence-electron chi connectivity index (χ1n) is 11.5. The number of pyridine rings is 1. The number of H-pyrrole nitrogens is 1. The number of ether oxygens (including phenoxy) is 1. The van der Waals surface area contributed by atoms with Crippen molar-refractivity contribution in [2.75, 3.05) is 20.3 Å². The number of carbonyl (C=O) groups excluding carboxylic acids is 1. The van der Waals surface area contributed by atoms with Crippen LogP contribution in [0, 0.1) is 24.4 Å². The van der Waals surface area contributed by atoms with E-state index in [1.165, 1.54) is 13.2 Å². The average Bonchev–Trinajstić information content (AvgIpc) is 3.33. The molecule has 2 aromatic carbocycles. The highest BCUT2D eigenvalue weighted by atomic mass is 35.5. The number of sulfone groups is 1. The van der Waals surface area contributed by atoms with Crippen LogP contribution in [0.4, 0.5) is 13.2 Å². The van der Waals surface area contributed by atoms with Crippen LogP contribution < -0.4 is 10.1 Å². The van der Waals surface area contributed by atoms with Gasteiger partial charge in [-0.25, -0.2) is 26.6 Å². The Morgan fingerprint density at radius 1 is 1.18 bits per heavy atom. The summed E-state index contributed by atoms with van der Waals surface area (Å²) in [6.07, 6.45) is 0.307. The van der Waals surface area contributed by atoms with E-state index in [1.54, 1.807) is 6.92 Å². The molecule has 2 aromatic heterocycles. The van der Waals surface area contributed by atoms with Gasteiger partial charge in [0.25, 0.3) is 5.91 Å². The lowest BCUT2D eigenvalue weighted by Gasteiger charge is -2.13. The van der Waals surface area contributed by atoms with Crippen molar-refractivity contribution in [3.05, 3.63) is 69.8 Å². The average molecular weight is 583 g/mol. The lowest BCUT2D eigenvalue weighted by atomic mass is 9.99. The zero-order valence-electron chi connectivity index (χ0n) is 20.6. The van der Waals surface area contributed by atoms with Crippen molar-refractivity contribution < 1.29 is 36.2 Å². The molecule has 0 fully saturated rings. The quantitative estimate of drug-likeness (QED) is 0.253. The first-order chi connectivity index (χ1) is 18.5. The van der Waals surface area contributed by atoms with E-state index in [2.05, 4.69) is 20.5 Å². The molecular weight excluding hydrogens is 561 g/mol. The third-order valence-electron chi connectivity index (χ3n) is 5.91. The number of aryl methyl sites for hydroxylation is 1. The highest BCUT2D eigenvalue weighted by molar-refractivity contribution is 7.90. The fraction of sp³-hybridized carbons (Fsp3) is 0.240. The number of benzene rings is 2. The summed E-state index contributed by atoms with van der Waals surface area (Å²) in [6.45, 7) is 1.58. The number of fused-ring (bicyclic) bond motifs is 1. The maximum Gasteiger partial charge on any atom is 0.269 e. The van der Waals surface area contributed by atoms with Crippen molar-refractivity contribution in [3.8, 4) is 17.0 Å². The molecule has 39 heavy (non-hydrogen) atoms. The molecule has 14 heteroatoms. The van der Waals surface area contributed by atoms with Crippen LogP contribution in [-0.2, 0) is 15.6 Å².